The topological polar surface area (TPSA) is 78.9 Å². The highest BCUT2D eigenvalue weighted by atomic mass is 16.6. The van der Waals surface area contributed by atoms with Crippen molar-refractivity contribution >= 4 is 17.9 Å². The second-order valence-electron chi connectivity index (χ2n) is 21.6. The monoisotopic (exact) mass is 1070 g/mol. The van der Waals surface area contributed by atoms with E-state index in [9.17, 15) is 14.4 Å². The molecule has 0 aliphatic heterocycles. The molecule has 0 saturated heterocycles. The van der Waals surface area contributed by atoms with Gasteiger partial charge in [-0.3, -0.25) is 14.4 Å². The van der Waals surface area contributed by atoms with Gasteiger partial charge in [-0.05, 0) is 116 Å². The number of ether oxygens (including phenoxy) is 3. The summed E-state index contributed by atoms with van der Waals surface area (Å²) in [7, 11) is 0. The Labute approximate surface area is 477 Å². The third-order valence-corrected chi connectivity index (χ3v) is 14.0. The summed E-state index contributed by atoms with van der Waals surface area (Å²) in [4.78, 5) is 38.2. The molecule has 0 aliphatic rings. The molecule has 0 heterocycles. The Bertz CT molecular complexity index is 1510. The van der Waals surface area contributed by atoms with Gasteiger partial charge in [-0.25, -0.2) is 0 Å². The van der Waals surface area contributed by atoms with E-state index in [0.717, 1.165) is 116 Å². The number of hydrogen-bond acceptors (Lipinski definition) is 6. The van der Waals surface area contributed by atoms with Crippen LogP contribution in [-0.2, 0) is 28.6 Å². The molecule has 0 aliphatic carbocycles. The zero-order chi connectivity index (χ0) is 55.7. The van der Waals surface area contributed by atoms with Crippen molar-refractivity contribution in [2.45, 2.75) is 322 Å². The molecule has 6 nitrogen and oxygen atoms in total. The molecule has 0 radical (unpaired) electrons. The Kier molecular flexibility index (Phi) is 61.8. The van der Waals surface area contributed by atoms with Crippen molar-refractivity contribution in [2.75, 3.05) is 13.2 Å². The van der Waals surface area contributed by atoms with Gasteiger partial charge in [0, 0.05) is 19.3 Å². The fraction of sp³-hybridized carbons (Fsp3) is 0.732. The number of unbranched alkanes of at least 4 members (excludes halogenated alkanes) is 32. The van der Waals surface area contributed by atoms with Crippen LogP contribution in [0.15, 0.2) is 97.2 Å². The number of hydrogen-bond donors (Lipinski definition) is 0. The average molecular weight is 1070 g/mol. The molecular formula is C71H122O6. The average Bonchev–Trinajstić information content (AvgIpc) is 3.43. The van der Waals surface area contributed by atoms with Gasteiger partial charge in [0.1, 0.15) is 13.2 Å². The Morgan fingerprint density at radius 3 is 0.857 bits per heavy atom. The standard InChI is InChI=1S/C71H122O6/c1-4-7-10-13-16-19-22-24-26-28-30-31-32-33-34-35-36-37-38-39-41-42-44-46-49-52-55-58-61-64-70(73)76-67-68(66-75-69(72)63-60-57-54-51-48-21-18-15-12-9-6-3)77-71(74)65-62-59-56-53-50-47-45-43-40-29-27-25-23-20-17-14-11-8-5-2/h8,11,15,17-18,20,22,24-25,27-28,30,40,43,47,50,68H,4-7,9-10,12-14,16,19,21,23,26,29,31-39,41-42,44-46,48-49,51-67H2,1-3H3/b11-8-,18-15-,20-17-,24-22-,27-25-,30-28-,43-40-,50-47-. The number of esters is 3. The van der Waals surface area contributed by atoms with Gasteiger partial charge in [-0.1, -0.05) is 279 Å². The maximum absolute atomic E-state index is 12.9. The lowest BCUT2D eigenvalue weighted by molar-refractivity contribution is -0.167. The maximum Gasteiger partial charge on any atom is 0.306 e. The first-order valence-corrected chi connectivity index (χ1v) is 32.7. The number of carbonyl (C=O) groups is 3. The van der Waals surface area contributed by atoms with Crippen LogP contribution < -0.4 is 0 Å². The van der Waals surface area contributed by atoms with E-state index >= 15 is 0 Å². The summed E-state index contributed by atoms with van der Waals surface area (Å²) in [5.41, 5.74) is 0. The van der Waals surface area contributed by atoms with E-state index < -0.39 is 6.10 Å². The highest BCUT2D eigenvalue weighted by Gasteiger charge is 2.19. The highest BCUT2D eigenvalue weighted by molar-refractivity contribution is 5.71. The Balaban J connectivity index is 4.24. The summed E-state index contributed by atoms with van der Waals surface area (Å²) in [6.07, 6.45) is 87.2. The van der Waals surface area contributed by atoms with Gasteiger partial charge >= 0.3 is 17.9 Å². The van der Waals surface area contributed by atoms with Crippen LogP contribution in [-0.4, -0.2) is 37.2 Å². The third-order valence-electron chi connectivity index (χ3n) is 14.0. The third kappa shape index (κ3) is 63.0. The van der Waals surface area contributed by atoms with Gasteiger partial charge in [-0.15, -0.1) is 0 Å². The second-order valence-corrected chi connectivity index (χ2v) is 21.6. The van der Waals surface area contributed by atoms with E-state index in [0.29, 0.717) is 12.8 Å². The molecule has 0 aromatic carbocycles. The smallest absolute Gasteiger partial charge is 0.306 e. The quantitative estimate of drug-likeness (QED) is 0.0261. The van der Waals surface area contributed by atoms with E-state index in [4.69, 9.17) is 14.2 Å². The van der Waals surface area contributed by atoms with Gasteiger partial charge < -0.3 is 14.2 Å². The van der Waals surface area contributed by atoms with E-state index in [2.05, 4.69) is 118 Å². The van der Waals surface area contributed by atoms with Gasteiger partial charge in [0.15, 0.2) is 6.10 Å². The molecule has 77 heavy (non-hydrogen) atoms. The minimum absolute atomic E-state index is 0.0921. The van der Waals surface area contributed by atoms with Crippen LogP contribution >= 0.6 is 0 Å². The van der Waals surface area contributed by atoms with Crippen LogP contribution in [0.3, 0.4) is 0 Å². The van der Waals surface area contributed by atoms with Crippen LogP contribution in [0.2, 0.25) is 0 Å². The Morgan fingerprint density at radius 1 is 0.273 bits per heavy atom. The fourth-order valence-corrected chi connectivity index (χ4v) is 9.13. The van der Waals surface area contributed by atoms with Crippen molar-refractivity contribution in [2.24, 2.45) is 0 Å². The molecule has 0 fully saturated rings. The minimum Gasteiger partial charge on any atom is -0.462 e. The summed E-state index contributed by atoms with van der Waals surface area (Å²) in [6, 6.07) is 0. The van der Waals surface area contributed by atoms with Crippen LogP contribution in [0, 0.1) is 0 Å². The zero-order valence-corrected chi connectivity index (χ0v) is 50.7. The predicted molar refractivity (Wildman–Crippen MR) is 334 cm³/mol. The van der Waals surface area contributed by atoms with Gasteiger partial charge in [-0.2, -0.15) is 0 Å². The van der Waals surface area contributed by atoms with E-state index in [1.54, 1.807) is 0 Å². The summed E-state index contributed by atoms with van der Waals surface area (Å²) in [6.45, 7) is 6.47. The largest absolute Gasteiger partial charge is 0.462 e. The van der Waals surface area contributed by atoms with E-state index in [-0.39, 0.29) is 37.5 Å². The molecule has 0 aromatic rings. The van der Waals surface area contributed by atoms with Crippen molar-refractivity contribution < 1.29 is 28.6 Å². The lowest BCUT2D eigenvalue weighted by atomic mass is 10.0. The number of rotatable bonds is 59. The van der Waals surface area contributed by atoms with Crippen LogP contribution in [0.25, 0.3) is 0 Å². The molecule has 0 aromatic heterocycles. The van der Waals surface area contributed by atoms with Gasteiger partial charge in [0.05, 0.1) is 0 Å². The molecule has 0 saturated carbocycles. The first kappa shape index (κ1) is 73.3. The molecule has 0 amide bonds. The van der Waals surface area contributed by atoms with Crippen molar-refractivity contribution in [1.82, 2.24) is 0 Å². The van der Waals surface area contributed by atoms with Gasteiger partial charge in [0.2, 0.25) is 0 Å². The summed E-state index contributed by atoms with van der Waals surface area (Å²) >= 11 is 0. The van der Waals surface area contributed by atoms with Crippen molar-refractivity contribution in [1.29, 1.82) is 0 Å². The second kappa shape index (κ2) is 64.9. The first-order chi connectivity index (χ1) is 38.0. The maximum atomic E-state index is 12.9. The number of allylic oxidation sites excluding steroid dienone is 16. The Hall–Kier alpha value is -3.67. The molecule has 442 valence electrons. The molecule has 0 spiro atoms. The molecule has 0 bridgehead atoms. The molecular weight excluding hydrogens is 949 g/mol. The van der Waals surface area contributed by atoms with Crippen molar-refractivity contribution in [3.63, 3.8) is 0 Å². The Morgan fingerprint density at radius 2 is 0.519 bits per heavy atom. The fourth-order valence-electron chi connectivity index (χ4n) is 9.13. The predicted octanol–water partition coefficient (Wildman–Crippen LogP) is 22.4. The minimum atomic E-state index is -0.799. The lowest BCUT2D eigenvalue weighted by Gasteiger charge is -2.18. The normalized spacial score (nSPS) is 12.7. The number of carbonyl (C=O) groups excluding carboxylic acids is 3. The first-order valence-electron chi connectivity index (χ1n) is 32.7. The van der Waals surface area contributed by atoms with Crippen molar-refractivity contribution in [3.05, 3.63) is 97.2 Å². The summed E-state index contributed by atoms with van der Waals surface area (Å²) in [5.74, 6) is -0.926. The molecule has 0 N–H and O–H groups in total. The molecule has 6 heteroatoms. The van der Waals surface area contributed by atoms with Crippen LogP contribution in [0.4, 0.5) is 0 Å². The molecule has 1 atom stereocenters. The summed E-state index contributed by atoms with van der Waals surface area (Å²) < 4.78 is 16.9. The van der Waals surface area contributed by atoms with E-state index in [1.165, 1.54) is 161 Å². The van der Waals surface area contributed by atoms with Crippen LogP contribution in [0.5, 0.6) is 0 Å². The SMILES string of the molecule is CC/C=C\C/C=C\C/C=C\C/C=C\C/C=C\CCCCCC(=O)OC(COC(=O)CCCCCCC/C=C\CCCC)COC(=O)CCCCCCCCCCCCCCCCCCC/C=C\C/C=C\CCCCCCC. The van der Waals surface area contributed by atoms with Crippen LogP contribution in [0.1, 0.15) is 316 Å². The zero-order valence-electron chi connectivity index (χ0n) is 50.7. The van der Waals surface area contributed by atoms with E-state index in [1.807, 2.05) is 0 Å². The lowest BCUT2D eigenvalue weighted by Crippen LogP contribution is -2.30. The summed E-state index contributed by atoms with van der Waals surface area (Å²) in [5, 5.41) is 0. The van der Waals surface area contributed by atoms with Gasteiger partial charge in [0.25, 0.3) is 0 Å². The highest BCUT2D eigenvalue weighted by Crippen LogP contribution is 2.16. The molecule has 1 unspecified atom stereocenters. The molecule has 0 rings (SSSR count). The van der Waals surface area contributed by atoms with Crippen molar-refractivity contribution in [3.8, 4) is 0 Å².